The van der Waals surface area contributed by atoms with Crippen molar-refractivity contribution in [2.75, 3.05) is 33.3 Å². The van der Waals surface area contributed by atoms with Gasteiger partial charge in [0.05, 0.1) is 31.9 Å². The maximum Gasteiger partial charge on any atom is 0.422 e. The molecule has 0 radical (unpaired) electrons. The Morgan fingerprint density at radius 1 is 0.315 bits per heavy atom. The van der Waals surface area contributed by atoms with Crippen molar-refractivity contribution < 1.29 is 84.1 Å². The second kappa shape index (κ2) is 43.9. The molecule has 6 aromatic carbocycles. The lowest BCUT2D eigenvalue weighted by Crippen LogP contribution is -2.19. The number of alkyl halides is 17. The van der Waals surface area contributed by atoms with E-state index in [1.807, 2.05) is 67.5 Å². The molecule has 0 fully saturated rings. The first-order valence-electron chi connectivity index (χ1n) is 30.1. The van der Waals surface area contributed by atoms with E-state index in [0.717, 1.165) is 39.6 Å². The van der Waals surface area contributed by atoms with Crippen LogP contribution in [0.1, 0.15) is 214 Å². The molecule has 2 unspecified atom stereocenters. The summed E-state index contributed by atoms with van der Waals surface area (Å²) in [6.45, 7) is 26.8. The molecule has 0 aliphatic carbocycles. The van der Waals surface area contributed by atoms with Crippen molar-refractivity contribution in [1.82, 2.24) is 0 Å². The van der Waals surface area contributed by atoms with Gasteiger partial charge in [-0.15, -0.1) is 11.8 Å². The van der Waals surface area contributed by atoms with E-state index in [2.05, 4.69) is 68.4 Å². The average Bonchev–Trinajstić information content (AvgIpc) is 1.44. The van der Waals surface area contributed by atoms with Crippen LogP contribution in [0.15, 0.2) is 150 Å². The Labute approximate surface area is 540 Å². The van der Waals surface area contributed by atoms with Crippen molar-refractivity contribution in [3.63, 3.8) is 0 Å². The maximum absolute atomic E-state index is 12.4. The molecule has 0 spiro atoms. The molecule has 0 saturated carbocycles. The largest absolute Gasteiger partial charge is 0.484 e. The highest BCUT2D eigenvalue weighted by Gasteiger charge is 2.38. The third kappa shape index (κ3) is 40.2. The fraction of sp³-hybridized carbons (Fsp3) is 0.500. The van der Waals surface area contributed by atoms with E-state index >= 15 is 0 Å². The number of ether oxygens (including phenoxy) is 2. The Morgan fingerprint density at radius 2 is 0.543 bits per heavy atom. The summed E-state index contributed by atoms with van der Waals surface area (Å²) in [6, 6.07) is 42.9. The van der Waals surface area contributed by atoms with Gasteiger partial charge in [0, 0.05) is 4.90 Å². The van der Waals surface area contributed by atoms with Gasteiger partial charge >= 0.3 is 30.9 Å². The van der Waals surface area contributed by atoms with Crippen LogP contribution in [0.5, 0.6) is 11.5 Å². The summed E-state index contributed by atoms with van der Waals surface area (Å²) in [5, 5.41) is 0. The van der Waals surface area contributed by atoms with E-state index in [-0.39, 0.29) is 11.5 Å². The minimum absolute atomic E-state index is 0.247. The number of hydrogen-bond acceptors (Lipinski definition) is 3. The third-order valence-electron chi connectivity index (χ3n) is 13.5. The molecule has 0 aliphatic heterocycles. The van der Waals surface area contributed by atoms with Gasteiger partial charge < -0.3 is 9.47 Å². The Kier molecular flexibility index (Phi) is 42.0. The fourth-order valence-electron chi connectivity index (χ4n) is 7.51. The molecular formula is C72H95F17O2S. The lowest BCUT2D eigenvalue weighted by Gasteiger charge is -2.16. The number of benzene rings is 6. The third-order valence-corrected chi connectivity index (χ3v) is 14.6. The van der Waals surface area contributed by atoms with Gasteiger partial charge in [-0.3, -0.25) is 8.78 Å². The minimum atomic E-state index is -4.28. The van der Waals surface area contributed by atoms with Crippen LogP contribution in [-0.4, -0.2) is 64.2 Å². The van der Waals surface area contributed by atoms with E-state index < -0.39 is 61.7 Å². The van der Waals surface area contributed by atoms with Gasteiger partial charge in [0.15, 0.2) is 13.2 Å². The highest BCUT2D eigenvalue weighted by molar-refractivity contribution is 7.99. The SMILES string of the molecule is CC(C)c1ccc(C(C)C(F)(F)F)cc1.CC(C)c1ccc(C(C)C(F)(F)F)cc1.CC(C)c1ccc(OCC(F)(F)F)cc1.CC(C)c1ccc(OCC(F)(F)F)cc1.CC(C)c1ccc(SCC(F)(F)F)cc1.CCCCc1ccc(C(C)C)cc1.CF.CF. The summed E-state index contributed by atoms with van der Waals surface area (Å²) in [6.07, 6.45) is -17.1. The van der Waals surface area contributed by atoms with Crippen LogP contribution < -0.4 is 9.47 Å². The van der Waals surface area contributed by atoms with E-state index in [1.54, 1.807) is 109 Å². The van der Waals surface area contributed by atoms with Gasteiger partial charge in [0.2, 0.25) is 0 Å². The van der Waals surface area contributed by atoms with Crippen LogP contribution >= 0.6 is 11.8 Å². The Hall–Kier alpha value is -5.92. The number of hydrogen-bond donors (Lipinski definition) is 0. The summed E-state index contributed by atoms with van der Waals surface area (Å²) in [5.74, 6) is -0.629. The van der Waals surface area contributed by atoms with Crippen molar-refractivity contribution in [1.29, 1.82) is 0 Å². The number of aryl methyl sites for hydroxylation is 1. The normalized spacial score (nSPS) is 12.2. The lowest BCUT2D eigenvalue weighted by atomic mass is 9.96. The van der Waals surface area contributed by atoms with Crippen LogP contribution in [0.3, 0.4) is 0 Å². The minimum Gasteiger partial charge on any atom is -0.484 e. The Bertz CT molecular complexity index is 2540. The molecule has 6 rings (SSSR count). The number of thioether (sulfide) groups is 1. The quantitative estimate of drug-likeness (QED) is 0.0670. The predicted octanol–water partition coefficient (Wildman–Crippen LogP) is 26.2. The second-order valence-electron chi connectivity index (χ2n) is 23.1. The molecule has 0 aromatic heterocycles. The van der Waals surface area contributed by atoms with Crippen molar-refractivity contribution in [3.8, 4) is 11.5 Å². The van der Waals surface area contributed by atoms with Crippen molar-refractivity contribution >= 4 is 11.8 Å². The first-order valence-corrected chi connectivity index (χ1v) is 31.1. The summed E-state index contributed by atoms with van der Waals surface area (Å²) in [4.78, 5) is 0.664. The molecule has 0 bridgehead atoms. The van der Waals surface area contributed by atoms with Crippen molar-refractivity contribution in [3.05, 3.63) is 196 Å². The second-order valence-corrected chi connectivity index (χ2v) is 24.1. The van der Waals surface area contributed by atoms with Crippen molar-refractivity contribution in [2.24, 2.45) is 0 Å². The van der Waals surface area contributed by atoms with Gasteiger partial charge in [0.25, 0.3) is 0 Å². The van der Waals surface area contributed by atoms with Crippen LogP contribution in [0.25, 0.3) is 0 Å². The molecule has 2 nitrogen and oxygen atoms in total. The smallest absolute Gasteiger partial charge is 0.422 e. The van der Waals surface area contributed by atoms with Crippen LogP contribution in [0.2, 0.25) is 0 Å². The van der Waals surface area contributed by atoms with Gasteiger partial charge in [-0.2, -0.15) is 65.9 Å². The van der Waals surface area contributed by atoms with Crippen molar-refractivity contribution in [2.45, 2.75) is 206 Å². The molecule has 0 heterocycles. The Balaban J connectivity index is 0. The number of rotatable bonds is 17. The average molecular weight is 1350 g/mol. The fourth-order valence-corrected chi connectivity index (χ4v) is 8.17. The Morgan fingerprint density at radius 3 is 0.761 bits per heavy atom. The molecular weight excluding hydrogens is 1250 g/mol. The summed E-state index contributed by atoms with van der Waals surface area (Å²) >= 11 is 0.823. The van der Waals surface area contributed by atoms with Gasteiger partial charge in [-0.05, 0) is 149 Å². The van der Waals surface area contributed by atoms with Crippen LogP contribution in [0, 0.1) is 0 Å². The molecule has 2 atom stereocenters. The standard InChI is InChI=1S/C13H20.2C12H15F3.2C11H13F3O.C11H13F3S.2CH3F/c1-4-5-6-12-7-9-13(10-8-12)11(2)3;2*1-8(2)10-4-6-11(7-5-10)9(3)12(13,14)15;3*1-8(2)9-3-5-10(6-4-9)15-7-11(12,13)14;2*1-2/h7-11H,4-6H2,1-3H3;2*4-9H,1-3H3;3*3-6,8H,7H2,1-2H3;2*1H3. The lowest BCUT2D eigenvalue weighted by molar-refractivity contribution is -0.154. The van der Waals surface area contributed by atoms with E-state index in [1.165, 1.54) is 44.2 Å². The van der Waals surface area contributed by atoms with E-state index in [4.69, 9.17) is 0 Å². The zero-order valence-corrected chi connectivity index (χ0v) is 56.7. The molecule has 6 aromatic rings. The van der Waals surface area contributed by atoms with Gasteiger partial charge in [-0.1, -0.05) is 206 Å². The molecule has 20 heteroatoms. The maximum atomic E-state index is 12.4. The number of halogens is 17. The van der Waals surface area contributed by atoms with E-state index in [9.17, 15) is 74.6 Å². The zero-order chi connectivity index (χ0) is 71.4. The zero-order valence-electron chi connectivity index (χ0n) is 55.9. The summed E-state index contributed by atoms with van der Waals surface area (Å²) in [5.41, 5.74) is 9.00. The first kappa shape index (κ1) is 88.1. The molecule has 0 N–H and O–H groups in total. The van der Waals surface area contributed by atoms with Gasteiger partial charge in [-0.25, -0.2) is 0 Å². The topological polar surface area (TPSA) is 18.5 Å². The highest BCUT2D eigenvalue weighted by Crippen LogP contribution is 2.36. The molecule has 0 saturated heterocycles. The molecule has 92 heavy (non-hydrogen) atoms. The number of unbranched alkanes of at least 4 members (excludes halogenated alkanes) is 1. The molecule has 0 amide bonds. The predicted molar refractivity (Wildman–Crippen MR) is 345 cm³/mol. The highest BCUT2D eigenvalue weighted by atomic mass is 32.2. The molecule has 0 aliphatic rings. The van der Waals surface area contributed by atoms with Gasteiger partial charge in [0.1, 0.15) is 11.5 Å². The summed E-state index contributed by atoms with van der Waals surface area (Å²) < 4.78 is 209. The van der Waals surface area contributed by atoms with Crippen LogP contribution in [-0.2, 0) is 6.42 Å². The van der Waals surface area contributed by atoms with Crippen LogP contribution in [0.4, 0.5) is 74.6 Å². The molecule has 520 valence electrons. The first-order chi connectivity index (χ1) is 42.5. The summed E-state index contributed by atoms with van der Waals surface area (Å²) in [7, 11) is 1.00. The van der Waals surface area contributed by atoms with E-state index in [0.29, 0.717) is 65.9 Å². The monoisotopic (exact) mass is 1350 g/mol.